The number of thiazole rings is 1. The maximum Gasteiger partial charge on any atom is 0.185 e. The first-order valence-corrected chi connectivity index (χ1v) is 7.51. The van der Waals surface area contributed by atoms with Crippen molar-refractivity contribution in [3.8, 4) is 0 Å². The molecular weight excluding hydrogens is 230 g/mol. The highest BCUT2D eigenvalue weighted by Gasteiger charge is 2.18. The normalized spacial score (nSPS) is 17.6. The summed E-state index contributed by atoms with van der Waals surface area (Å²) < 4.78 is 0. The second-order valence-electron chi connectivity index (χ2n) is 4.96. The number of rotatable bonds is 5. The lowest BCUT2D eigenvalue weighted by molar-refractivity contribution is 0.438. The van der Waals surface area contributed by atoms with Gasteiger partial charge in [0.15, 0.2) is 5.13 Å². The van der Waals surface area contributed by atoms with Gasteiger partial charge in [-0.05, 0) is 31.7 Å². The zero-order valence-corrected chi connectivity index (χ0v) is 11.7. The van der Waals surface area contributed by atoms with E-state index < -0.39 is 0 Å². The van der Waals surface area contributed by atoms with E-state index in [0.29, 0.717) is 0 Å². The number of piperidine rings is 1. The fourth-order valence-electron chi connectivity index (χ4n) is 2.11. The van der Waals surface area contributed by atoms with Crippen LogP contribution in [0.2, 0.25) is 0 Å². The van der Waals surface area contributed by atoms with Gasteiger partial charge in [-0.25, -0.2) is 4.98 Å². The van der Waals surface area contributed by atoms with Crippen LogP contribution in [0.4, 0.5) is 5.13 Å². The maximum absolute atomic E-state index is 4.55. The summed E-state index contributed by atoms with van der Waals surface area (Å²) >= 11 is 1.84. The summed E-state index contributed by atoms with van der Waals surface area (Å²) in [5.74, 6) is 0.886. The van der Waals surface area contributed by atoms with Gasteiger partial charge in [-0.3, -0.25) is 0 Å². The first-order chi connectivity index (χ1) is 8.29. The van der Waals surface area contributed by atoms with Gasteiger partial charge >= 0.3 is 0 Å². The van der Waals surface area contributed by atoms with Crippen molar-refractivity contribution in [2.45, 2.75) is 39.7 Å². The average Bonchev–Trinajstić information content (AvgIpc) is 2.79. The topological polar surface area (TPSA) is 28.2 Å². The lowest BCUT2D eigenvalue weighted by Crippen LogP contribution is -2.32. The number of nitrogens with zero attached hydrogens (tertiary/aromatic N) is 2. The van der Waals surface area contributed by atoms with E-state index in [-0.39, 0.29) is 0 Å². The van der Waals surface area contributed by atoms with Gasteiger partial charge in [0.05, 0.1) is 0 Å². The first-order valence-electron chi connectivity index (χ1n) is 6.70. The van der Waals surface area contributed by atoms with E-state index in [9.17, 15) is 0 Å². The molecule has 0 unspecified atom stereocenters. The molecule has 1 aliphatic rings. The van der Waals surface area contributed by atoms with Crippen molar-refractivity contribution in [3.05, 3.63) is 11.1 Å². The van der Waals surface area contributed by atoms with Crippen LogP contribution in [-0.4, -0.2) is 24.6 Å². The van der Waals surface area contributed by atoms with Crippen molar-refractivity contribution in [1.29, 1.82) is 0 Å². The Morgan fingerprint density at radius 2 is 2.24 bits per heavy atom. The molecule has 96 valence electrons. The van der Waals surface area contributed by atoms with Crippen LogP contribution in [0.25, 0.3) is 0 Å². The standard InChI is InChI=1S/C13H23N3S/c1-3-6-14-9-12-10-15-13(17-12)16-7-4-11(2)5-8-16/h10-11,14H,3-9H2,1-2H3. The quantitative estimate of drug-likeness (QED) is 0.818. The van der Waals surface area contributed by atoms with Crippen LogP contribution in [0.5, 0.6) is 0 Å². The lowest BCUT2D eigenvalue weighted by Gasteiger charge is -2.29. The highest BCUT2D eigenvalue weighted by molar-refractivity contribution is 7.15. The zero-order chi connectivity index (χ0) is 12.1. The van der Waals surface area contributed by atoms with E-state index in [1.54, 1.807) is 0 Å². The summed E-state index contributed by atoms with van der Waals surface area (Å²) in [6.07, 6.45) is 5.84. The number of hydrogen-bond donors (Lipinski definition) is 1. The third-order valence-electron chi connectivity index (χ3n) is 3.32. The van der Waals surface area contributed by atoms with Crippen molar-refractivity contribution < 1.29 is 0 Å². The van der Waals surface area contributed by atoms with Gasteiger partial charge in [-0.15, -0.1) is 11.3 Å². The minimum atomic E-state index is 0.886. The predicted octanol–water partition coefficient (Wildman–Crippen LogP) is 2.88. The Bertz CT molecular complexity index is 329. The van der Waals surface area contributed by atoms with E-state index >= 15 is 0 Å². The van der Waals surface area contributed by atoms with Crippen LogP contribution >= 0.6 is 11.3 Å². The third kappa shape index (κ3) is 3.68. The second kappa shape index (κ2) is 6.36. The van der Waals surface area contributed by atoms with Crippen LogP contribution in [0.15, 0.2) is 6.20 Å². The summed E-state index contributed by atoms with van der Waals surface area (Å²) in [5, 5.41) is 4.64. The number of aromatic nitrogens is 1. The van der Waals surface area contributed by atoms with Crippen LogP contribution < -0.4 is 10.2 Å². The van der Waals surface area contributed by atoms with E-state index in [0.717, 1.165) is 19.0 Å². The number of hydrogen-bond acceptors (Lipinski definition) is 4. The summed E-state index contributed by atoms with van der Waals surface area (Å²) in [7, 11) is 0. The molecule has 1 aromatic rings. The minimum absolute atomic E-state index is 0.886. The molecule has 3 nitrogen and oxygen atoms in total. The monoisotopic (exact) mass is 253 g/mol. The summed E-state index contributed by atoms with van der Waals surface area (Å²) in [5.41, 5.74) is 0. The van der Waals surface area contributed by atoms with Crippen LogP contribution in [0, 0.1) is 5.92 Å². The largest absolute Gasteiger partial charge is 0.348 e. The van der Waals surface area contributed by atoms with Gasteiger partial charge in [0, 0.05) is 30.7 Å². The Balaban J connectivity index is 1.85. The molecule has 0 bridgehead atoms. The van der Waals surface area contributed by atoms with Crippen molar-refractivity contribution in [3.63, 3.8) is 0 Å². The van der Waals surface area contributed by atoms with Crippen LogP contribution in [0.3, 0.4) is 0 Å². The molecule has 1 saturated heterocycles. The first kappa shape index (κ1) is 12.8. The highest BCUT2D eigenvalue weighted by Crippen LogP contribution is 2.27. The molecule has 0 atom stereocenters. The summed E-state index contributed by atoms with van der Waals surface area (Å²) in [6.45, 7) is 8.95. The van der Waals surface area contributed by atoms with Crippen molar-refractivity contribution in [1.82, 2.24) is 10.3 Å². The Labute approximate surface area is 108 Å². The molecule has 0 radical (unpaired) electrons. The molecule has 1 aliphatic heterocycles. The van der Waals surface area contributed by atoms with Crippen molar-refractivity contribution in [2.24, 2.45) is 5.92 Å². The average molecular weight is 253 g/mol. The second-order valence-corrected chi connectivity index (χ2v) is 6.05. The summed E-state index contributed by atoms with van der Waals surface area (Å²) in [6, 6.07) is 0. The Morgan fingerprint density at radius 1 is 1.47 bits per heavy atom. The number of nitrogens with one attached hydrogen (secondary N) is 1. The van der Waals surface area contributed by atoms with Crippen molar-refractivity contribution >= 4 is 16.5 Å². The van der Waals surface area contributed by atoms with Crippen molar-refractivity contribution in [2.75, 3.05) is 24.5 Å². The molecule has 2 heterocycles. The molecule has 0 spiro atoms. The smallest absolute Gasteiger partial charge is 0.185 e. The fourth-order valence-corrected chi connectivity index (χ4v) is 3.04. The Morgan fingerprint density at radius 3 is 2.94 bits per heavy atom. The third-order valence-corrected chi connectivity index (χ3v) is 4.38. The maximum atomic E-state index is 4.55. The lowest BCUT2D eigenvalue weighted by atomic mass is 10.00. The molecular formula is C13H23N3S. The molecule has 1 N–H and O–H groups in total. The molecule has 0 aliphatic carbocycles. The van der Waals surface area contributed by atoms with Gasteiger partial charge in [-0.2, -0.15) is 0 Å². The summed E-state index contributed by atoms with van der Waals surface area (Å²) in [4.78, 5) is 8.34. The predicted molar refractivity (Wildman–Crippen MR) is 74.7 cm³/mol. The molecule has 1 fully saturated rings. The zero-order valence-electron chi connectivity index (χ0n) is 10.9. The Kier molecular flexibility index (Phi) is 4.80. The van der Waals surface area contributed by atoms with Gasteiger partial charge < -0.3 is 10.2 Å². The molecule has 0 saturated carbocycles. The van der Waals surface area contributed by atoms with E-state index in [1.807, 2.05) is 17.5 Å². The van der Waals surface area contributed by atoms with Gasteiger partial charge in [0.25, 0.3) is 0 Å². The fraction of sp³-hybridized carbons (Fsp3) is 0.769. The highest BCUT2D eigenvalue weighted by atomic mass is 32.1. The molecule has 0 amide bonds. The van der Waals surface area contributed by atoms with Crippen LogP contribution in [0.1, 0.15) is 38.0 Å². The molecule has 17 heavy (non-hydrogen) atoms. The SMILES string of the molecule is CCCNCc1cnc(N2CCC(C)CC2)s1. The molecule has 1 aromatic heterocycles. The molecule has 4 heteroatoms. The Hall–Kier alpha value is -0.610. The van der Waals surface area contributed by atoms with E-state index in [4.69, 9.17) is 0 Å². The van der Waals surface area contributed by atoms with Gasteiger partial charge in [0.2, 0.25) is 0 Å². The molecule has 0 aromatic carbocycles. The van der Waals surface area contributed by atoms with Gasteiger partial charge in [-0.1, -0.05) is 13.8 Å². The van der Waals surface area contributed by atoms with Gasteiger partial charge in [0.1, 0.15) is 0 Å². The molecule has 2 rings (SSSR count). The van der Waals surface area contributed by atoms with E-state index in [1.165, 1.54) is 42.4 Å². The minimum Gasteiger partial charge on any atom is -0.348 e. The van der Waals surface area contributed by atoms with Crippen LogP contribution in [-0.2, 0) is 6.54 Å². The number of anilines is 1. The van der Waals surface area contributed by atoms with E-state index in [2.05, 4.69) is 29.0 Å².